The number of carbonyl (C=O) groups is 1. The minimum Gasteiger partial charge on any atom is -0.472 e. The Bertz CT molecular complexity index is 1150. The van der Waals surface area contributed by atoms with Crippen molar-refractivity contribution < 1.29 is 9.21 Å². The first kappa shape index (κ1) is 19.7. The fraction of sp³-hybridized carbons (Fsp3) is 0.455. The zero-order chi connectivity index (χ0) is 21.5. The summed E-state index contributed by atoms with van der Waals surface area (Å²) in [7, 11) is 3.89. The molecule has 31 heavy (non-hydrogen) atoms. The third kappa shape index (κ3) is 3.69. The van der Waals surface area contributed by atoms with E-state index in [1.54, 1.807) is 12.4 Å². The van der Waals surface area contributed by atoms with Gasteiger partial charge in [-0.2, -0.15) is 0 Å². The monoisotopic (exact) mass is 422 g/mol. The molecule has 0 radical (unpaired) electrons. The van der Waals surface area contributed by atoms with Crippen LogP contribution in [0.5, 0.6) is 0 Å². The molecule has 2 aliphatic rings. The Labute approximate surface area is 179 Å². The third-order valence-corrected chi connectivity index (χ3v) is 6.40. The second-order valence-electron chi connectivity index (χ2n) is 8.75. The van der Waals surface area contributed by atoms with E-state index in [9.17, 15) is 9.59 Å². The van der Waals surface area contributed by atoms with Crippen LogP contribution in [-0.4, -0.2) is 55.2 Å². The maximum atomic E-state index is 13.3. The molecule has 1 fully saturated rings. The van der Waals surface area contributed by atoms with Crippen LogP contribution in [0.2, 0.25) is 0 Å². The number of hydrogen-bond acceptors (Lipinski definition) is 6. The van der Waals surface area contributed by atoms with Crippen molar-refractivity contribution in [3.63, 3.8) is 0 Å². The average Bonchev–Trinajstić information content (AvgIpc) is 3.42. The van der Waals surface area contributed by atoms with Gasteiger partial charge in [-0.25, -0.2) is 0 Å². The van der Waals surface area contributed by atoms with Crippen LogP contribution in [0, 0.1) is 5.92 Å². The van der Waals surface area contributed by atoms with Gasteiger partial charge in [-0.15, -0.1) is 10.2 Å². The van der Waals surface area contributed by atoms with Gasteiger partial charge in [0, 0.05) is 50.4 Å². The normalized spacial score (nSPS) is 20.2. The molecule has 5 rings (SSSR count). The topological polar surface area (TPSA) is 89.4 Å². The van der Waals surface area contributed by atoms with Crippen molar-refractivity contribution in [2.75, 3.05) is 20.1 Å². The van der Waals surface area contributed by atoms with Gasteiger partial charge in [-0.3, -0.25) is 14.5 Å². The Hall–Kier alpha value is -3.20. The van der Waals surface area contributed by atoms with Crippen LogP contribution in [0.4, 0.5) is 0 Å². The van der Waals surface area contributed by atoms with Crippen molar-refractivity contribution in [1.82, 2.24) is 29.1 Å². The summed E-state index contributed by atoms with van der Waals surface area (Å²) in [4.78, 5) is 30.0. The van der Waals surface area contributed by atoms with Gasteiger partial charge in [-0.1, -0.05) is 6.07 Å². The molecular weight excluding hydrogens is 396 g/mol. The highest BCUT2D eigenvalue weighted by atomic mass is 16.3. The van der Waals surface area contributed by atoms with Gasteiger partial charge in [0.1, 0.15) is 18.4 Å². The quantitative estimate of drug-likeness (QED) is 0.619. The van der Waals surface area contributed by atoms with Crippen molar-refractivity contribution in [2.45, 2.75) is 32.0 Å². The second-order valence-corrected chi connectivity index (χ2v) is 8.75. The lowest BCUT2D eigenvalue weighted by Crippen LogP contribution is -2.49. The molecule has 0 N–H and O–H groups in total. The summed E-state index contributed by atoms with van der Waals surface area (Å²) in [5.74, 6) is 1.33. The van der Waals surface area contributed by atoms with Crippen molar-refractivity contribution in [1.29, 1.82) is 0 Å². The molecule has 9 heteroatoms. The average molecular weight is 422 g/mol. The third-order valence-electron chi connectivity index (χ3n) is 6.40. The lowest BCUT2D eigenvalue weighted by Gasteiger charge is -2.42. The van der Waals surface area contributed by atoms with Gasteiger partial charge in [0.05, 0.1) is 18.4 Å². The maximum Gasteiger partial charge on any atom is 0.257 e. The van der Waals surface area contributed by atoms with Gasteiger partial charge >= 0.3 is 0 Å². The molecule has 0 spiro atoms. The van der Waals surface area contributed by atoms with Crippen molar-refractivity contribution in [2.24, 2.45) is 13.0 Å². The number of pyridine rings is 1. The van der Waals surface area contributed by atoms with Crippen LogP contribution in [0.3, 0.4) is 0 Å². The number of piperidine rings is 1. The van der Waals surface area contributed by atoms with E-state index >= 15 is 0 Å². The maximum absolute atomic E-state index is 13.3. The van der Waals surface area contributed by atoms with E-state index in [0.717, 1.165) is 23.5 Å². The Kier molecular flexibility index (Phi) is 4.97. The molecule has 2 aliphatic heterocycles. The number of hydrogen-bond donors (Lipinski definition) is 0. The molecule has 9 nitrogen and oxygen atoms in total. The lowest BCUT2D eigenvalue weighted by atomic mass is 9.82. The summed E-state index contributed by atoms with van der Waals surface area (Å²) in [5.41, 5.74) is 2.47. The van der Waals surface area contributed by atoms with Crippen LogP contribution in [-0.2, 0) is 26.7 Å². The molecule has 2 bridgehead atoms. The van der Waals surface area contributed by atoms with Crippen molar-refractivity contribution in [3.05, 3.63) is 70.1 Å². The van der Waals surface area contributed by atoms with Crippen LogP contribution in [0.25, 0.3) is 0 Å². The molecule has 0 unspecified atom stereocenters. The second kappa shape index (κ2) is 7.81. The van der Waals surface area contributed by atoms with Gasteiger partial charge < -0.3 is 18.5 Å². The lowest BCUT2D eigenvalue weighted by molar-refractivity contribution is 0.0593. The summed E-state index contributed by atoms with van der Waals surface area (Å²) in [5, 5.41) is 8.03. The van der Waals surface area contributed by atoms with Crippen LogP contribution in [0.15, 0.2) is 46.3 Å². The number of amides is 1. The largest absolute Gasteiger partial charge is 0.472 e. The number of carbonyl (C=O) groups excluding carboxylic acids is 1. The first-order valence-electron chi connectivity index (χ1n) is 10.5. The Morgan fingerprint density at radius 1 is 1.23 bits per heavy atom. The smallest absolute Gasteiger partial charge is 0.257 e. The fourth-order valence-electron chi connectivity index (χ4n) is 4.88. The number of aromatic nitrogens is 4. The summed E-state index contributed by atoms with van der Waals surface area (Å²) in [6.07, 6.45) is 5.71. The number of rotatable bonds is 5. The van der Waals surface area contributed by atoms with Crippen LogP contribution >= 0.6 is 0 Å². The molecule has 3 aromatic rings. The highest BCUT2D eigenvalue weighted by molar-refractivity contribution is 5.94. The molecule has 3 aromatic heterocycles. The molecule has 0 saturated carbocycles. The number of nitrogens with zero attached hydrogens (tertiary/aromatic N) is 6. The Balaban J connectivity index is 1.34. The Morgan fingerprint density at radius 2 is 2.10 bits per heavy atom. The van der Waals surface area contributed by atoms with Crippen molar-refractivity contribution >= 4 is 5.91 Å². The molecular formula is C22H26N6O3. The number of aryl methyl sites for hydroxylation is 1. The van der Waals surface area contributed by atoms with E-state index in [2.05, 4.69) is 21.2 Å². The van der Waals surface area contributed by atoms with E-state index in [0.29, 0.717) is 38.3 Å². The highest BCUT2D eigenvalue weighted by Gasteiger charge is 2.37. The van der Waals surface area contributed by atoms with E-state index in [4.69, 9.17) is 4.42 Å². The molecule has 0 aliphatic carbocycles. The minimum atomic E-state index is 0.00117. The van der Waals surface area contributed by atoms with E-state index in [1.165, 1.54) is 12.5 Å². The number of furan rings is 1. The molecule has 0 aromatic carbocycles. The SMILES string of the molecule is CN(Cc1ccc2n(c1=O)C[C@H]1C[C@@H]2CN(C(=O)c2ccoc2)C1)Cc1nncn1C. The molecule has 1 saturated heterocycles. The zero-order valence-electron chi connectivity index (χ0n) is 17.8. The fourth-order valence-corrected chi connectivity index (χ4v) is 4.88. The predicted octanol–water partition coefficient (Wildman–Crippen LogP) is 1.46. The van der Waals surface area contributed by atoms with Crippen LogP contribution in [0.1, 0.15) is 39.8 Å². The van der Waals surface area contributed by atoms with E-state index < -0.39 is 0 Å². The molecule has 162 valence electrons. The number of likely N-dealkylation sites (tertiary alicyclic amines) is 1. The van der Waals surface area contributed by atoms with E-state index in [1.807, 2.05) is 34.2 Å². The highest BCUT2D eigenvalue weighted by Crippen LogP contribution is 2.35. The first-order valence-corrected chi connectivity index (χ1v) is 10.5. The standard InChI is InChI=1S/C22H26N6O3/c1-25(12-20-24-23-14-26(20)2)10-16-3-4-19-18-7-15(9-28(19)22(16)30)8-27(11-18)21(29)17-5-6-31-13-17/h3-6,13-15,18H,7-12H2,1-2H3/t15-,18+/m0/s1. The van der Waals surface area contributed by atoms with E-state index in [-0.39, 0.29) is 23.3 Å². The first-order chi connectivity index (χ1) is 15.0. The molecule has 2 atom stereocenters. The van der Waals surface area contributed by atoms with Crippen LogP contribution < -0.4 is 5.56 Å². The van der Waals surface area contributed by atoms with Gasteiger partial charge in [-0.05, 0) is 31.5 Å². The van der Waals surface area contributed by atoms with Crippen molar-refractivity contribution in [3.8, 4) is 0 Å². The van der Waals surface area contributed by atoms with Gasteiger partial charge in [0.25, 0.3) is 11.5 Å². The predicted molar refractivity (Wildman–Crippen MR) is 112 cm³/mol. The molecule has 5 heterocycles. The number of fused-ring (bicyclic) bond motifs is 4. The molecule has 1 amide bonds. The van der Waals surface area contributed by atoms with Gasteiger partial charge in [0.15, 0.2) is 0 Å². The van der Waals surface area contributed by atoms with Gasteiger partial charge in [0.2, 0.25) is 0 Å². The summed E-state index contributed by atoms with van der Waals surface area (Å²) in [6, 6.07) is 5.72. The summed E-state index contributed by atoms with van der Waals surface area (Å²) >= 11 is 0. The zero-order valence-corrected chi connectivity index (χ0v) is 17.8. The summed E-state index contributed by atoms with van der Waals surface area (Å²) < 4.78 is 8.89. The minimum absolute atomic E-state index is 0.00117. The Morgan fingerprint density at radius 3 is 2.84 bits per heavy atom. The summed E-state index contributed by atoms with van der Waals surface area (Å²) in [6.45, 7) is 3.12.